The predicted octanol–water partition coefficient (Wildman–Crippen LogP) is 3.86. The summed E-state index contributed by atoms with van der Waals surface area (Å²) in [5, 5.41) is 2.78. The summed E-state index contributed by atoms with van der Waals surface area (Å²) in [6.45, 7) is 2.00. The van der Waals surface area contributed by atoms with E-state index in [9.17, 15) is 9.59 Å². The van der Waals surface area contributed by atoms with Gasteiger partial charge >= 0.3 is 0 Å². The Kier molecular flexibility index (Phi) is 5.67. The van der Waals surface area contributed by atoms with E-state index in [0.717, 1.165) is 10.8 Å². The van der Waals surface area contributed by atoms with Crippen LogP contribution in [-0.2, 0) is 4.79 Å². The Balaban J connectivity index is 1.31. The maximum absolute atomic E-state index is 12.8. The lowest BCUT2D eigenvalue weighted by Crippen LogP contribution is -2.51. The van der Waals surface area contributed by atoms with Crippen LogP contribution in [0.2, 0.25) is 5.02 Å². The van der Waals surface area contributed by atoms with Crippen LogP contribution in [0.3, 0.4) is 0 Å². The molecule has 1 aliphatic rings. The Morgan fingerprint density at radius 3 is 2.21 bits per heavy atom. The van der Waals surface area contributed by atoms with Crippen molar-refractivity contribution in [3.63, 3.8) is 0 Å². The average Bonchev–Trinajstić information content (AvgIpc) is 2.78. The molecule has 0 N–H and O–H groups in total. The van der Waals surface area contributed by atoms with Crippen LogP contribution >= 0.6 is 11.6 Å². The van der Waals surface area contributed by atoms with Crippen molar-refractivity contribution in [2.24, 2.45) is 0 Å². The fraction of sp³-hybridized carbons (Fsp3) is 0.217. The first-order chi connectivity index (χ1) is 14.1. The molecule has 0 spiro atoms. The lowest BCUT2D eigenvalue weighted by Gasteiger charge is -2.34. The molecule has 0 unspecified atom stereocenters. The number of fused-ring (bicyclic) bond motifs is 1. The van der Waals surface area contributed by atoms with Gasteiger partial charge in [0, 0.05) is 36.8 Å². The van der Waals surface area contributed by atoms with Gasteiger partial charge in [-0.2, -0.15) is 0 Å². The van der Waals surface area contributed by atoms with Crippen LogP contribution in [-0.4, -0.2) is 54.4 Å². The van der Waals surface area contributed by atoms with Crippen LogP contribution in [0.25, 0.3) is 10.8 Å². The van der Waals surface area contributed by atoms with Crippen molar-refractivity contribution in [1.82, 2.24) is 9.80 Å². The summed E-state index contributed by atoms with van der Waals surface area (Å²) in [6, 6.07) is 20.6. The van der Waals surface area contributed by atoms with Crippen LogP contribution in [0.1, 0.15) is 10.4 Å². The zero-order chi connectivity index (χ0) is 20.2. The minimum absolute atomic E-state index is 0.000247. The minimum Gasteiger partial charge on any atom is -0.484 e. The molecule has 0 atom stereocenters. The Hall–Kier alpha value is -3.05. The van der Waals surface area contributed by atoms with Crippen molar-refractivity contribution in [2.75, 3.05) is 32.8 Å². The van der Waals surface area contributed by atoms with Gasteiger partial charge in [0.25, 0.3) is 11.8 Å². The second kappa shape index (κ2) is 8.53. The highest BCUT2D eigenvalue weighted by molar-refractivity contribution is 6.30. The summed E-state index contributed by atoms with van der Waals surface area (Å²) in [7, 11) is 0. The van der Waals surface area contributed by atoms with E-state index in [0.29, 0.717) is 42.5 Å². The van der Waals surface area contributed by atoms with Gasteiger partial charge in [-0.1, -0.05) is 41.9 Å². The van der Waals surface area contributed by atoms with Crippen molar-refractivity contribution < 1.29 is 14.3 Å². The second-order valence-corrected chi connectivity index (χ2v) is 7.41. The van der Waals surface area contributed by atoms with Gasteiger partial charge in [-0.15, -0.1) is 0 Å². The molecule has 0 bridgehead atoms. The van der Waals surface area contributed by atoms with Crippen molar-refractivity contribution in [3.05, 3.63) is 77.3 Å². The zero-order valence-corrected chi connectivity index (χ0v) is 16.6. The number of ether oxygens (including phenoxy) is 1. The first-order valence-electron chi connectivity index (χ1n) is 9.54. The highest BCUT2D eigenvalue weighted by atomic mass is 35.5. The summed E-state index contributed by atoms with van der Waals surface area (Å²) < 4.78 is 5.53. The van der Waals surface area contributed by atoms with Gasteiger partial charge in [-0.3, -0.25) is 9.59 Å². The molecule has 1 saturated heterocycles. The van der Waals surface area contributed by atoms with Crippen LogP contribution in [0.5, 0.6) is 5.75 Å². The molecule has 1 fully saturated rings. The SMILES string of the molecule is O=C(COc1ccc(Cl)cc1)N1CCN(C(=O)c2ccc3ccccc3c2)CC1. The zero-order valence-electron chi connectivity index (χ0n) is 15.9. The smallest absolute Gasteiger partial charge is 0.260 e. The second-order valence-electron chi connectivity index (χ2n) is 6.98. The first kappa shape index (κ1) is 19.3. The summed E-state index contributed by atoms with van der Waals surface area (Å²) in [5.41, 5.74) is 0.676. The Morgan fingerprint density at radius 1 is 0.828 bits per heavy atom. The topological polar surface area (TPSA) is 49.9 Å². The van der Waals surface area contributed by atoms with E-state index >= 15 is 0 Å². The van der Waals surface area contributed by atoms with Crippen LogP contribution in [0.4, 0.5) is 0 Å². The number of halogens is 1. The van der Waals surface area contributed by atoms with Gasteiger partial charge in [-0.25, -0.2) is 0 Å². The number of rotatable bonds is 4. The van der Waals surface area contributed by atoms with E-state index in [1.807, 2.05) is 42.5 Å². The van der Waals surface area contributed by atoms with Gasteiger partial charge in [0.15, 0.2) is 6.61 Å². The van der Waals surface area contributed by atoms with Gasteiger partial charge in [0.1, 0.15) is 5.75 Å². The van der Waals surface area contributed by atoms with Crippen molar-refractivity contribution in [1.29, 1.82) is 0 Å². The fourth-order valence-corrected chi connectivity index (χ4v) is 3.56. The Morgan fingerprint density at radius 2 is 1.48 bits per heavy atom. The number of amides is 2. The number of hydrogen-bond acceptors (Lipinski definition) is 3. The maximum Gasteiger partial charge on any atom is 0.260 e. The largest absolute Gasteiger partial charge is 0.484 e. The number of piperazine rings is 1. The van der Waals surface area contributed by atoms with E-state index in [1.165, 1.54) is 0 Å². The minimum atomic E-state index is -0.0854. The third kappa shape index (κ3) is 4.51. The molecule has 6 heteroatoms. The molecule has 1 heterocycles. The molecular weight excluding hydrogens is 388 g/mol. The average molecular weight is 409 g/mol. The van der Waals surface area contributed by atoms with E-state index < -0.39 is 0 Å². The van der Waals surface area contributed by atoms with Crippen LogP contribution in [0.15, 0.2) is 66.7 Å². The predicted molar refractivity (Wildman–Crippen MR) is 113 cm³/mol. The van der Waals surface area contributed by atoms with Gasteiger partial charge < -0.3 is 14.5 Å². The molecule has 1 aliphatic heterocycles. The lowest BCUT2D eigenvalue weighted by molar-refractivity contribution is -0.134. The molecule has 0 aromatic heterocycles. The van der Waals surface area contributed by atoms with Crippen LogP contribution < -0.4 is 4.74 Å². The Bertz CT molecular complexity index is 1030. The van der Waals surface area contributed by atoms with Crippen molar-refractivity contribution >= 4 is 34.2 Å². The molecule has 4 rings (SSSR count). The molecule has 3 aromatic rings. The van der Waals surface area contributed by atoms with Crippen LogP contribution in [0, 0.1) is 0 Å². The lowest BCUT2D eigenvalue weighted by atomic mass is 10.1. The molecule has 29 heavy (non-hydrogen) atoms. The van der Waals surface area contributed by atoms with E-state index in [4.69, 9.17) is 16.3 Å². The number of carbonyl (C=O) groups excluding carboxylic acids is 2. The van der Waals surface area contributed by atoms with Crippen molar-refractivity contribution in [2.45, 2.75) is 0 Å². The summed E-state index contributed by atoms with van der Waals surface area (Å²) in [4.78, 5) is 28.8. The maximum atomic E-state index is 12.8. The monoisotopic (exact) mass is 408 g/mol. The number of benzene rings is 3. The molecule has 3 aromatic carbocycles. The van der Waals surface area contributed by atoms with E-state index in [1.54, 1.807) is 34.1 Å². The number of carbonyl (C=O) groups is 2. The molecular formula is C23H21ClN2O3. The quantitative estimate of drug-likeness (QED) is 0.658. The van der Waals surface area contributed by atoms with Gasteiger partial charge in [-0.05, 0) is 47.2 Å². The molecule has 5 nitrogen and oxygen atoms in total. The fourth-order valence-electron chi connectivity index (χ4n) is 3.43. The normalized spacial score (nSPS) is 14.1. The Labute approximate surface area is 174 Å². The third-order valence-electron chi connectivity index (χ3n) is 5.09. The molecule has 2 amide bonds. The number of hydrogen-bond donors (Lipinski definition) is 0. The standard InChI is InChI=1S/C23H21ClN2O3/c24-20-7-9-21(10-8-20)29-16-22(27)25-11-13-26(14-12-25)23(28)19-6-5-17-3-1-2-4-18(17)15-19/h1-10,15H,11-14,16H2. The first-order valence-corrected chi connectivity index (χ1v) is 9.92. The summed E-state index contributed by atoms with van der Waals surface area (Å²) in [5.74, 6) is 0.519. The van der Waals surface area contributed by atoms with Gasteiger partial charge in [0.05, 0.1) is 0 Å². The summed E-state index contributed by atoms with van der Waals surface area (Å²) >= 11 is 5.85. The third-order valence-corrected chi connectivity index (χ3v) is 5.34. The highest BCUT2D eigenvalue weighted by Crippen LogP contribution is 2.18. The summed E-state index contributed by atoms with van der Waals surface area (Å²) in [6.07, 6.45) is 0. The number of nitrogens with zero attached hydrogens (tertiary/aromatic N) is 2. The molecule has 0 aliphatic carbocycles. The van der Waals surface area contributed by atoms with E-state index in [-0.39, 0.29) is 18.4 Å². The van der Waals surface area contributed by atoms with Gasteiger partial charge in [0.2, 0.25) is 0 Å². The molecule has 0 saturated carbocycles. The molecule has 148 valence electrons. The molecule has 0 radical (unpaired) electrons. The highest BCUT2D eigenvalue weighted by Gasteiger charge is 2.25. The van der Waals surface area contributed by atoms with Crippen molar-refractivity contribution in [3.8, 4) is 5.75 Å². The van der Waals surface area contributed by atoms with E-state index in [2.05, 4.69) is 0 Å².